The predicted molar refractivity (Wildman–Crippen MR) is 73.7 cm³/mol. The van der Waals surface area contributed by atoms with Gasteiger partial charge in [0.2, 0.25) is 0 Å². The van der Waals surface area contributed by atoms with Crippen molar-refractivity contribution in [3.63, 3.8) is 0 Å². The van der Waals surface area contributed by atoms with E-state index in [2.05, 4.69) is 0 Å². The summed E-state index contributed by atoms with van der Waals surface area (Å²) in [6.07, 6.45) is 2.63. The Balaban J connectivity index is 2.18. The highest BCUT2D eigenvalue weighted by atomic mass is 16.4. The molecule has 0 aromatic carbocycles. The number of carbonyl (C=O) groups is 2. The van der Waals surface area contributed by atoms with Crippen LogP contribution in [0.3, 0.4) is 0 Å². The van der Waals surface area contributed by atoms with Crippen LogP contribution in [0.4, 0.5) is 0 Å². The summed E-state index contributed by atoms with van der Waals surface area (Å²) in [5.41, 5.74) is 0.820. The number of furan rings is 1. The molecule has 110 valence electrons. The smallest absolute Gasteiger partial charge is 0.308 e. The number of aryl methyl sites for hydroxylation is 2. The van der Waals surface area contributed by atoms with Crippen LogP contribution >= 0.6 is 0 Å². The Labute approximate surface area is 118 Å². The van der Waals surface area contributed by atoms with E-state index in [0.29, 0.717) is 5.76 Å². The van der Waals surface area contributed by atoms with E-state index in [-0.39, 0.29) is 18.5 Å². The van der Waals surface area contributed by atoms with Crippen molar-refractivity contribution in [2.24, 2.45) is 5.92 Å². The second-order valence-electron chi connectivity index (χ2n) is 5.51. The maximum Gasteiger partial charge on any atom is 0.308 e. The first-order valence-corrected chi connectivity index (χ1v) is 7.07. The number of carbonyl (C=O) groups excluding carboxylic acids is 1. The molecule has 0 saturated heterocycles. The van der Waals surface area contributed by atoms with Gasteiger partial charge < -0.3 is 14.4 Å². The van der Waals surface area contributed by atoms with Crippen LogP contribution in [0.1, 0.15) is 48.6 Å². The third-order valence-corrected chi connectivity index (χ3v) is 3.65. The minimum absolute atomic E-state index is 0.166. The van der Waals surface area contributed by atoms with Crippen LogP contribution in [0, 0.1) is 12.8 Å². The van der Waals surface area contributed by atoms with Gasteiger partial charge in [0, 0.05) is 24.6 Å². The number of nitrogens with zero attached hydrogens (tertiary/aromatic N) is 1. The molecule has 1 saturated carbocycles. The van der Waals surface area contributed by atoms with E-state index < -0.39 is 11.9 Å². The second kappa shape index (κ2) is 5.69. The van der Waals surface area contributed by atoms with E-state index in [4.69, 9.17) is 9.52 Å². The van der Waals surface area contributed by atoms with Crippen LogP contribution < -0.4 is 0 Å². The molecule has 0 aliphatic heterocycles. The van der Waals surface area contributed by atoms with Gasteiger partial charge in [-0.1, -0.05) is 13.8 Å². The monoisotopic (exact) mass is 279 g/mol. The van der Waals surface area contributed by atoms with Crippen molar-refractivity contribution in [1.82, 2.24) is 4.90 Å². The Bertz CT molecular complexity index is 516. The van der Waals surface area contributed by atoms with Crippen LogP contribution in [0.25, 0.3) is 0 Å². The van der Waals surface area contributed by atoms with Gasteiger partial charge in [-0.3, -0.25) is 9.59 Å². The predicted octanol–water partition coefficient (Wildman–Crippen LogP) is 2.48. The van der Waals surface area contributed by atoms with Gasteiger partial charge in [0.15, 0.2) is 5.76 Å². The molecule has 0 bridgehead atoms. The normalized spacial score (nSPS) is 15.9. The molecule has 1 aromatic rings. The molecule has 1 aliphatic rings. The van der Waals surface area contributed by atoms with E-state index in [1.165, 1.54) is 0 Å². The molecule has 1 atom stereocenters. The topological polar surface area (TPSA) is 70.8 Å². The first-order chi connectivity index (χ1) is 9.43. The zero-order valence-corrected chi connectivity index (χ0v) is 12.2. The summed E-state index contributed by atoms with van der Waals surface area (Å²) in [6.45, 7) is 5.68. The van der Waals surface area contributed by atoms with Gasteiger partial charge in [0.25, 0.3) is 5.91 Å². The fourth-order valence-electron chi connectivity index (χ4n) is 2.22. The number of carboxylic acids is 1. The van der Waals surface area contributed by atoms with Crippen LogP contribution in [0.15, 0.2) is 10.5 Å². The van der Waals surface area contributed by atoms with Crippen molar-refractivity contribution in [3.8, 4) is 0 Å². The number of aliphatic carboxylic acids is 1. The lowest BCUT2D eigenvalue weighted by atomic mass is 10.1. The molecule has 5 nitrogen and oxygen atoms in total. The van der Waals surface area contributed by atoms with Gasteiger partial charge in [0.05, 0.1) is 5.92 Å². The zero-order chi connectivity index (χ0) is 14.9. The van der Waals surface area contributed by atoms with Crippen LogP contribution in [0.5, 0.6) is 0 Å². The molecule has 0 spiro atoms. The Morgan fingerprint density at radius 3 is 2.60 bits per heavy atom. The lowest BCUT2D eigenvalue weighted by molar-refractivity contribution is -0.141. The molecule has 1 heterocycles. The summed E-state index contributed by atoms with van der Waals surface area (Å²) >= 11 is 0. The average molecular weight is 279 g/mol. The van der Waals surface area contributed by atoms with Gasteiger partial charge >= 0.3 is 5.97 Å². The summed E-state index contributed by atoms with van der Waals surface area (Å²) in [5.74, 6) is -0.494. The highest BCUT2D eigenvalue weighted by Gasteiger charge is 2.36. The highest BCUT2D eigenvalue weighted by Crippen LogP contribution is 2.30. The molecule has 1 N–H and O–H groups in total. The number of amides is 1. The molecular weight excluding hydrogens is 258 g/mol. The van der Waals surface area contributed by atoms with Gasteiger partial charge in [0.1, 0.15) is 5.76 Å². The Morgan fingerprint density at radius 2 is 2.15 bits per heavy atom. The number of hydrogen-bond donors (Lipinski definition) is 1. The summed E-state index contributed by atoms with van der Waals surface area (Å²) in [4.78, 5) is 25.2. The lowest BCUT2D eigenvalue weighted by Gasteiger charge is -2.23. The summed E-state index contributed by atoms with van der Waals surface area (Å²) in [7, 11) is 0. The zero-order valence-electron chi connectivity index (χ0n) is 12.2. The van der Waals surface area contributed by atoms with Gasteiger partial charge in [-0.05, 0) is 25.8 Å². The molecule has 1 aliphatic carbocycles. The van der Waals surface area contributed by atoms with E-state index in [0.717, 1.165) is 30.6 Å². The Kier molecular flexibility index (Phi) is 4.16. The lowest BCUT2D eigenvalue weighted by Crippen LogP contribution is -2.38. The maximum atomic E-state index is 12.6. The summed E-state index contributed by atoms with van der Waals surface area (Å²) in [5, 5.41) is 9.02. The molecule has 2 rings (SSSR count). The van der Waals surface area contributed by atoms with E-state index in [1.807, 2.05) is 19.9 Å². The second-order valence-corrected chi connectivity index (χ2v) is 5.51. The largest absolute Gasteiger partial charge is 0.481 e. The third kappa shape index (κ3) is 3.03. The van der Waals surface area contributed by atoms with Gasteiger partial charge in [-0.15, -0.1) is 0 Å². The minimum atomic E-state index is -0.881. The highest BCUT2D eigenvalue weighted by molar-refractivity contribution is 5.93. The fraction of sp³-hybridized carbons (Fsp3) is 0.600. The van der Waals surface area contributed by atoms with Crippen molar-refractivity contribution in [3.05, 3.63) is 23.2 Å². The fourth-order valence-corrected chi connectivity index (χ4v) is 2.22. The van der Waals surface area contributed by atoms with Gasteiger partial charge in [-0.2, -0.15) is 0 Å². The number of hydrogen-bond acceptors (Lipinski definition) is 3. The molecule has 1 aromatic heterocycles. The van der Waals surface area contributed by atoms with Crippen molar-refractivity contribution in [1.29, 1.82) is 0 Å². The molecular formula is C15H21NO4. The van der Waals surface area contributed by atoms with Crippen LogP contribution in [0.2, 0.25) is 0 Å². The van der Waals surface area contributed by atoms with E-state index >= 15 is 0 Å². The third-order valence-electron chi connectivity index (χ3n) is 3.65. The van der Waals surface area contributed by atoms with Crippen LogP contribution in [-0.4, -0.2) is 34.5 Å². The molecule has 20 heavy (non-hydrogen) atoms. The first kappa shape index (κ1) is 14.6. The Morgan fingerprint density at radius 1 is 1.50 bits per heavy atom. The quantitative estimate of drug-likeness (QED) is 0.868. The maximum absolute atomic E-state index is 12.6. The Hall–Kier alpha value is -1.78. The number of carboxylic acid groups (broad SMARTS) is 1. The standard InChI is InChI=1S/C15H21NO4/c1-4-12-7-9(2)13(20-12)14(17)16(11-5-6-11)8-10(3)15(18)19/h7,10-11H,4-6,8H2,1-3H3,(H,18,19)/t10-/m1/s1. The number of rotatable bonds is 6. The summed E-state index contributed by atoms with van der Waals surface area (Å²) < 4.78 is 5.59. The minimum Gasteiger partial charge on any atom is -0.481 e. The van der Waals surface area contributed by atoms with E-state index in [1.54, 1.807) is 11.8 Å². The molecule has 0 radical (unpaired) electrons. The van der Waals surface area contributed by atoms with Gasteiger partial charge in [-0.25, -0.2) is 0 Å². The molecule has 5 heteroatoms. The van der Waals surface area contributed by atoms with Crippen molar-refractivity contribution < 1.29 is 19.1 Å². The van der Waals surface area contributed by atoms with E-state index in [9.17, 15) is 9.59 Å². The SMILES string of the molecule is CCc1cc(C)c(C(=O)N(C[C@@H](C)C(=O)O)C2CC2)o1. The van der Waals surface area contributed by atoms with Crippen LogP contribution in [-0.2, 0) is 11.2 Å². The molecule has 0 unspecified atom stereocenters. The van der Waals surface area contributed by atoms with Crippen molar-refractivity contribution >= 4 is 11.9 Å². The molecule has 1 amide bonds. The summed E-state index contributed by atoms with van der Waals surface area (Å²) in [6, 6.07) is 2.04. The first-order valence-electron chi connectivity index (χ1n) is 7.07. The van der Waals surface area contributed by atoms with Crippen molar-refractivity contribution in [2.45, 2.75) is 46.1 Å². The van der Waals surface area contributed by atoms with Crippen molar-refractivity contribution in [2.75, 3.05) is 6.54 Å². The average Bonchev–Trinajstić information content (AvgIpc) is 3.17. The molecule has 1 fully saturated rings.